The number of benzene rings is 2. The second kappa shape index (κ2) is 5.92. The molecule has 0 saturated heterocycles. The fourth-order valence-corrected chi connectivity index (χ4v) is 2.93. The number of sulfonamides is 1. The Kier molecular flexibility index (Phi) is 4.23. The highest BCUT2D eigenvalue weighted by molar-refractivity contribution is 7.91. The van der Waals surface area contributed by atoms with Crippen molar-refractivity contribution in [2.45, 2.75) is 5.75 Å². The molecule has 0 radical (unpaired) electrons. The molecule has 0 saturated carbocycles. The van der Waals surface area contributed by atoms with Gasteiger partial charge in [0.2, 0.25) is 10.0 Å². The quantitative estimate of drug-likeness (QED) is 0.888. The van der Waals surface area contributed by atoms with Crippen molar-refractivity contribution in [3.8, 4) is 0 Å². The maximum absolute atomic E-state index is 13.7. The van der Waals surface area contributed by atoms with Crippen LogP contribution in [0.5, 0.6) is 0 Å². The Morgan fingerprint density at radius 2 is 1.81 bits per heavy atom. The lowest BCUT2D eigenvalue weighted by Crippen LogP contribution is -2.16. The molecule has 2 aromatic rings. The van der Waals surface area contributed by atoms with E-state index >= 15 is 0 Å². The molecule has 0 atom stereocenters. The predicted molar refractivity (Wildman–Crippen MR) is 76.0 cm³/mol. The molecule has 0 aromatic heterocycles. The van der Waals surface area contributed by atoms with E-state index in [1.54, 1.807) is 30.3 Å². The summed E-state index contributed by atoms with van der Waals surface area (Å²) in [6.07, 6.45) is 0. The van der Waals surface area contributed by atoms with Crippen LogP contribution < -0.4 is 4.72 Å². The summed E-state index contributed by atoms with van der Waals surface area (Å²) in [6.45, 7) is 0. The molecule has 5 nitrogen and oxygen atoms in total. The molecule has 0 aliphatic carbocycles. The zero-order chi connectivity index (χ0) is 15.5. The van der Waals surface area contributed by atoms with E-state index in [1.807, 2.05) is 0 Å². The van der Waals surface area contributed by atoms with Crippen LogP contribution in [0.25, 0.3) is 0 Å². The van der Waals surface area contributed by atoms with Crippen molar-refractivity contribution in [3.63, 3.8) is 0 Å². The number of carboxylic acids is 1. The van der Waals surface area contributed by atoms with E-state index in [0.717, 1.165) is 18.2 Å². The molecule has 0 aliphatic heterocycles. The molecular weight excluding hydrogens is 297 g/mol. The molecule has 0 aliphatic rings. The minimum Gasteiger partial charge on any atom is -0.478 e. The van der Waals surface area contributed by atoms with Gasteiger partial charge in [-0.3, -0.25) is 4.72 Å². The van der Waals surface area contributed by atoms with Crippen LogP contribution in [0.3, 0.4) is 0 Å². The smallest absolute Gasteiger partial charge is 0.335 e. The lowest BCUT2D eigenvalue weighted by molar-refractivity contribution is 0.0696. The summed E-state index contributed by atoms with van der Waals surface area (Å²) in [7, 11) is -3.78. The summed E-state index contributed by atoms with van der Waals surface area (Å²) in [6, 6.07) is 11.4. The van der Waals surface area contributed by atoms with Gasteiger partial charge < -0.3 is 5.11 Å². The first-order valence-electron chi connectivity index (χ1n) is 5.95. The number of aromatic carboxylic acids is 1. The van der Waals surface area contributed by atoms with Crippen molar-refractivity contribution in [1.29, 1.82) is 0 Å². The van der Waals surface area contributed by atoms with Gasteiger partial charge in [-0.1, -0.05) is 30.3 Å². The molecular formula is C14H12FNO4S. The van der Waals surface area contributed by atoms with Crippen molar-refractivity contribution in [3.05, 3.63) is 65.5 Å². The number of carboxylic acid groups (broad SMARTS) is 1. The Morgan fingerprint density at radius 3 is 2.38 bits per heavy atom. The molecule has 2 aromatic carbocycles. The van der Waals surface area contributed by atoms with Gasteiger partial charge in [0.25, 0.3) is 0 Å². The molecule has 110 valence electrons. The van der Waals surface area contributed by atoms with Crippen LogP contribution in [0.4, 0.5) is 10.1 Å². The Balaban J connectivity index is 2.19. The van der Waals surface area contributed by atoms with Crippen LogP contribution in [0.2, 0.25) is 0 Å². The largest absolute Gasteiger partial charge is 0.478 e. The van der Waals surface area contributed by atoms with Crippen LogP contribution >= 0.6 is 0 Å². The highest BCUT2D eigenvalue weighted by atomic mass is 32.2. The van der Waals surface area contributed by atoms with Gasteiger partial charge in [-0.15, -0.1) is 0 Å². The second-order valence-corrected chi connectivity index (χ2v) is 6.07. The number of halogens is 1. The Labute approximate surface area is 121 Å². The lowest BCUT2D eigenvalue weighted by atomic mass is 10.2. The average molecular weight is 309 g/mol. The fraction of sp³-hybridized carbons (Fsp3) is 0.0714. The van der Waals surface area contributed by atoms with Crippen molar-refractivity contribution in [2.24, 2.45) is 0 Å². The standard InChI is InChI=1S/C14H12FNO4S/c15-12-8-11(14(17)18)6-7-13(12)16-21(19,20)9-10-4-2-1-3-5-10/h1-8,16H,9H2,(H,17,18). The van der Waals surface area contributed by atoms with Gasteiger partial charge in [0, 0.05) is 0 Å². The molecule has 0 bridgehead atoms. The van der Waals surface area contributed by atoms with Gasteiger partial charge in [0.1, 0.15) is 5.82 Å². The number of rotatable bonds is 5. The van der Waals surface area contributed by atoms with Gasteiger partial charge >= 0.3 is 5.97 Å². The van der Waals surface area contributed by atoms with Crippen molar-refractivity contribution >= 4 is 21.7 Å². The minimum atomic E-state index is -3.78. The van der Waals surface area contributed by atoms with Crippen molar-refractivity contribution in [1.82, 2.24) is 0 Å². The number of hydrogen-bond acceptors (Lipinski definition) is 3. The zero-order valence-corrected chi connectivity index (χ0v) is 11.6. The minimum absolute atomic E-state index is 0.251. The van der Waals surface area contributed by atoms with E-state index in [1.165, 1.54) is 0 Å². The van der Waals surface area contributed by atoms with Crippen LogP contribution in [0.15, 0.2) is 48.5 Å². The molecule has 2 N–H and O–H groups in total. The Hall–Kier alpha value is -2.41. The highest BCUT2D eigenvalue weighted by Crippen LogP contribution is 2.18. The molecule has 0 unspecified atom stereocenters. The summed E-state index contributed by atoms with van der Waals surface area (Å²) in [4.78, 5) is 10.7. The van der Waals surface area contributed by atoms with E-state index in [0.29, 0.717) is 5.56 Å². The van der Waals surface area contributed by atoms with Crippen molar-refractivity contribution in [2.75, 3.05) is 4.72 Å². The SMILES string of the molecule is O=C(O)c1ccc(NS(=O)(=O)Cc2ccccc2)c(F)c1. The summed E-state index contributed by atoms with van der Waals surface area (Å²) >= 11 is 0. The molecule has 0 heterocycles. The van der Waals surface area contributed by atoms with Gasteiger partial charge in [-0.25, -0.2) is 17.6 Å². The summed E-state index contributed by atoms with van der Waals surface area (Å²) in [5, 5.41) is 8.72. The molecule has 7 heteroatoms. The van der Waals surface area contributed by atoms with Gasteiger partial charge in [-0.2, -0.15) is 0 Å². The van der Waals surface area contributed by atoms with Gasteiger partial charge in [-0.05, 0) is 23.8 Å². The molecule has 21 heavy (non-hydrogen) atoms. The van der Waals surface area contributed by atoms with Crippen LogP contribution in [0.1, 0.15) is 15.9 Å². The average Bonchev–Trinajstić information content (AvgIpc) is 2.41. The van der Waals surface area contributed by atoms with Crippen LogP contribution in [-0.4, -0.2) is 19.5 Å². The number of anilines is 1. The van der Waals surface area contributed by atoms with Gasteiger partial charge in [0.05, 0.1) is 17.0 Å². The third-order valence-corrected chi connectivity index (χ3v) is 3.93. The maximum Gasteiger partial charge on any atom is 0.335 e. The molecule has 0 fully saturated rings. The molecule has 2 rings (SSSR count). The second-order valence-electron chi connectivity index (χ2n) is 4.35. The third-order valence-electron chi connectivity index (χ3n) is 2.68. The predicted octanol–water partition coefficient (Wildman–Crippen LogP) is 2.47. The monoisotopic (exact) mass is 309 g/mol. The van der Waals surface area contributed by atoms with Crippen molar-refractivity contribution < 1.29 is 22.7 Å². The first-order valence-corrected chi connectivity index (χ1v) is 7.60. The maximum atomic E-state index is 13.7. The molecule has 0 amide bonds. The first-order chi connectivity index (χ1) is 9.87. The summed E-state index contributed by atoms with van der Waals surface area (Å²) in [5.74, 6) is -2.52. The molecule has 0 spiro atoms. The Morgan fingerprint density at radius 1 is 1.14 bits per heavy atom. The van der Waals surface area contributed by atoms with E-state index < -0.39 is 21.8 Å². The third kappa shape index (κ3) is 4.03. The van der Waals surface area contributed by atoms with Crippen LogP contribution in [0, 0.1) is 5.82 Å². The van der Waals surface area contributed by atoms with E-state index in [4.69, 9.17) is 5.11 Å². The van der Waals surface area contributed by atoms with E-state index in [9.17, 15) is 17.6 Å². The first kappa shape index (κ1) is 15.0. The number of hydrogen-bond donors (Lipinski definition) is 2. The summed E-state index contributed by atoms with van der Waals surface area (Å²) in [5.41, 5.74) is 0.0296. The zero-order valence-electron chi connectivity index (χ0n) is 10.8. The normalized spacial score (nSPS) is 11.1. The lowest BCUT2D eigenvalue weighted by Gasteiger charge is -2.09. The fourth-order valence-electron chi connectivity index (χ4n) is 1.73. The topological polar surface area (TPSA) is 83.5 Å². The van der Waals surface area contributed by atoms with E-state index in [-0.39, 0.29) is 17.0 Å². The van der Waals surface area contributed by atoms with Gasteiger partial charge in [0.15, 0.2) is 0 Å². The number of nitrogens with one attached hydrogen (secondary N) is 1. The van der Waals surface area contributed by atoms with Crippen LogP contribution in [-0.2, 0) is 15.8 Å². The van der Waals surface area contributed by atoms with E-state index in [2.05, 4.69) is 4.72 Å². The Bertz CT molecular complexity index is 760. The highest BCUT2D eigenvalue weighted by Gasteiger charge is 2.15. The number of carbonyl (C=O) groups is 1. The summed E-state index contributed by atoms with van der Waals surface area (Å²) < 4.78 is 39.7.